The number of halogens is 1. The average Bonchev–Trinajstić information content (AvgIpc) is 4.09. The van der Waals surface area contributed by atoms with Crippen molar-refractivity contribution in [1.29, 1.82) is 0 Å². The number of ether oxygens (including phenoxy) is 4. The van der Waals surface area contributed by atoms with Gasteiger partial charge >= 0.3 is 0 Å². The fourth-order valence-corrected chi connectivity index (χ4v) is 11.9. The monoisotopic (exact) mass is 1130 g/mol. The van der Waals surface area contributed by atoms with Crippen molar-refractivity contribution in [1.82, 2.24) is 59.4 Å². The van der Waals surface area contributed by atoms with Crippen molar-refractivity contribution in [2.24, 2.45) is 0 Å². The Morgan fingerprint density at radius 2 is 0.934 bits per heavy atom. The van der Waals surface area contributed by atoms with Gasteiger partial charge in [-0.15, -0.1) is 20.4 Å². The van der Waals surface area contributed by atoms with Crippen LogP contribution in [-0.2, 0) is 31.2 Å². The summed E-state index contributed by atoms with van der Waals surface area (Å²) in [7, 11) is -1.27. The summed E-state index contributed by atoms with van der Waals surface area (Å²) in [4.78, 5) is 26.0. The van der Waals surface area contributed by atoms with Gasteiger partial charge in [0.2, 0.25) is 0 Å². The van der Waals surface area contributed by atoms with E-state index in [0.29, 0.717) is 69.2 Å². The SMILES string of the molecule is COc1cccc(OC)c1-n1c(CS(=O)(=O)[C@@H](C)[C@H](C)c2ncc(C)cn2)nnc1-c1cncc(Br)c1.COc1cccc(OC)c1-n1c(CS(=O)(=O)[C@@H](C)[C@H](C)c2ncc(C)cn2)nnc1-c1cncc(C2CC2)c1. The molecule has 0 radical (unpaired) electrons. The average molecular weight is 1140 g/mol. The molecule has 1 fully saturated rings. The molecular weight excluding hydrogens is 1080 g/mol. The van der Waals surface area contributed by atoms with Crippen LogP contribution in [0.15, 0.2) is 103 Å². The molecule has 76 heavy (non-hydrogen) atoms. The second-order valence-electron chi connectivity index (χ2n) is 18.6. The number of methoxy groups -OCH3 is 4. The highest BCUT2D eigenvalue weighted by Gasteiger charge is 2.35. The Labute approximate surface area is 450 Å². The summed E-state index contributed by atoms with van der Waals surface area (Å²) in [6.45, 7) is 10.7. The number of pyridine rings is 2. The quantitative estimate of drug-likeness (QED) is 0.0734. The lowest BCUT2D eigenvalue weighted by Crippen LogP contribution is -2.27. The summed E-state index contributed by atoms with van der Waals surface area (Å²) in [6, 6.07) is 14.6. The molecule has 1 saturated carbocycles. The number of para-hydroxylation sites is 2. The zero-order valence-corrected chi connectivity index (χ0v) is 47.0. The minimum absolute atomic E-state index is 0.210. The van der Waals surface area contributed by atoms with Crippen LogP contribution in [0.25, 0.3) is 34.2 Å². The Bertz CT molecular complexity index is 3510. The molecule has 2 aromatic carbocycles. The molecule has 23 heteroatoms. The van der Waals surface area contributed by atoms with Crippen LogP contribution in [0.3, 0.4) is 0 Å². The molecule has 1 aliphatic rings. The molecule has 0 bridgehead atoms. The van der Waals surface area contributed by atoms with Gasteiger partial charge < -0.3 is 18.9 Å². The smallest absolute Gasteiger partial charge is 0.170 e. The van der Waals surface area contributed by atoms with E-state index in [0.717, 1.165) is 39.6 Å². The van der Waals surface area contributed by atoms with Crippen LogP contribution in [0.5, 0.6) is 23.0 Å². The minimum atomic E-state index is -3.73. The maximum atomic E-state index is 13.8. The maximum Gasteiger partial charge on any atom is 0.170 e. The molecule has 0 spiro atoms. The predicted octanol–water partition coefficient (Wildman–Crippen LogP) is 8.74. The van der Waals surface area contributed by atoms with E-state index in [4.69, 9.17) is 18.9 Å². The van der Waals surface area contributed by atoms with Gasteiger partial charge in [-0.05, 0) is 115 Å². The van der Waals surface area contributed by atoms with Crippen molar-refractivity contribution >= 4 is 35.6 Å². The summed E-state index contributed by atoms with van der Waals surface area (Å²) in [5.74, 6) is 3.08. The zero-order valence-electron chi connectivity index (χ0n) is 43.8. The second-order valence-corrected chi connectivity index (χ2v) is 24.2. The maximum absolute atomic E-state index is 13.8. The van der Waals surface area contributed by atoms with Gasteiger partial charge in [0.05, 0.1) is 38.9 Å². The van der Waals surface area contributed by atoms with E-state index in [-0.39, 0.29) is 23.2 Å². The van der Waals surface area contributed by atoms with Gasteiger partial charge in [-0.1, -0.05) is 26.0 Å². The lowest BCUT2D eigenvalue weighted by Gasteiger charge is -2.20. The Hall–Kier alpha value is -7.24. The third-order valence-electron chi connectivity index (χ3n) is 13.4. The fraction of sp³-hybridized carbons (Fsp3) is 0.358. The van der Waals surface area contributed by atoms with Gasteiger partial charge in [0.15, 0.2) is 43.0 Å². The number of sulfone groups is 2. The molecule has 0 N–H and O–H groups in total. The predicted molar refractivity (Wildman–Crippen MR) is 290 cm³/mol. The van der Waals surface area contributed by atoms with Crippen LogP contribution in [0.4, 0.5) is 0 Å². The lowest BCUT2D eigenvalue weighted by atomic mass is 10.1. The summed E-state index contributed by atoms with van der Waals surface area (Å²) >= 11 is 3.44. The van der Waals surface area contributed by atoms with Gasteiger partial charge in [0, 0.05) is 77.0 Å². The molecule has 9 rings (SSSR count). The molecule has 0 saturated heterocycles. The molecule has 6 aromatic heterocycles. The van der Waals surface area contributed by atoms with Crippen LogP contribution in [0.1, 0.15) is 98.3 Å². The normalized spacial score (nSPS) is 14.2. The minimum Gasteiger partial charge on any atom is -0.494 e. The molecule has 4 atom stereocenters. The Morgan fingerprint density at radius 1 is 0.553 bits per heavy atom. The molecule has 398 valence electrons. The van der Waals surface area contributed by atoms with Gasteiger partial charge in [-0.2, -0.15) is 0 Å². The number of aryl methyl sites for hydroxylation is 2. The van der Waals surface area contributed by atoms with Crippen molar-refractivity contribution in [3.8, 4) is 57.1 Å². The van der Waals surface area contributed by atoms with Crippen molar-refractivity contribution in [2.75, 3.05) is 28.4 Å². The summed E-state index contributed by atoms with van der Waals surface area (Å²) in [5.41, 5.74) is 5.31. The standard InChI is InChI=1S/C28H32N6O4S.C25H27BrN6O4S/c1-17-12-30-27(31-13-17)18(2)19(3)39(35,36)16-25-32-33-28(22-11-21(14-29-15-22)20-9-10-20)34(25)26-23(37-4)7-6-8-24(26)38-5;1-15-10-28-24(29-11-15)16(2)17(3)37(33,34)14-22-30-31-25(18-9-19(26)13-27-12-18)32(22)23-20(35-4)7-6-8-21(23)36-5/h6-8,11-15,18-20H,9-10,16H2,1-5H3;6-13,16-17H,14H2,1-5H3/t18-,19-;16-,17-/m00/s1. The largest absolute Gasteiger partial charge is 0.494 e. The first kappa shape index (κ1) is 55.0. The van der Waals surface area contributed by atoms with E-state index in [1.54, 1.807) is 118 Å². The number of hydrogen-bond acceptors (Lipinski definition) is 18. The first-order valence-corrected chi connectivity index (χ1v) is 28.5. The Kier molecular flexibility index (Phi) is 16.9. The number of hydrogen-bond donors (Lipinski definition) is 0. The molecule has 6 heterocycles. The highest BCUT2D eigenvalue weighted by Crippen LogP contribution is 2.42. The molecule has 8 aromatic rings. The number of benzene rings is 2. The van der Waals surface area contributed by atoms with Crippen LogP contribution in [0.2, 0.25) is 0 Å². The summed E-state index contributed by atoms with van der Waals surface area (Å²) < 4.78 is 81.5. The number of aromatic nitrogens is 12. The molecule has 1 aliphatic carbocycles. The summed E-state index contributed by atoms with van der Waals surface area (Å²) in [6.07, 6.45) is 15.9. The van der Waals surface area contributed by atoms with Gasteiger partial charge in [-0.3, -0.25) is 19.1 Å². The van der Waals surface area contributed by atoms with Crippen molar-refractivity contribution in [3.63, 3.8) is 0 Å². The van der Waals surface area contributed by atoms with Gasteiger partial charge in [0.25, 0.3) is 0 Å². The second kappa shape index (κ2) is 23.3. The van der Waals surface area contributed by atoms with Crippen LogP contribution >= 0.6 is 15.9 Å². The molecule has 0 aliphatic heterocycles. The van der Waals surface area contributed by atoms with E-state index >= 15 is 0 Å². The van der Waals surface area contributed by atoms with Crippen LogP contribution in [-0.4, -0.2) is 115 Å². The van der Waals surface area contributed by atoms with Crippen LogP contribution in [0, 0.1) is 13.8 Å². The van der Waals surface area contributed by atoms with Crippen molar-refractivity contribution in [3.05, 3.63) is 143 Å². The fourth-order valence-electron chi connectivity index (χ4n) is 8.46. The lowest BCUT2D eigenvalue weighted by molar-refractivity contribution is 0.390. The Morgan fingerprint density at radius 3 is 1.30 bits per heavy atom. The van der Waals surface area contributed by atoms with Crippen molar-refractivity contribution < 1.29 is 35.8 Å². The highest BCUT2D eigenvalue weighted by molar-refractivity contribution is 9.10. The van der Waals surface area contributed by atoms with Crippen molar-refractivity contribution in [2.45, 2.75) is 94.1 Å². The van der Waals surface area contributed by atoms with E-state index in [1.165, 1.54) is 14.2 Å². The van der Waals surface area contributed by atoms with E-state index in [2.05, 4.69) is 66.2 Å². The van der Waals surface area contributed by atoms with E-state index < -0.39 is 42.0 Å². The van der Waals surface area contributed by atoms with Crippen LogP contribution < -0.4 is 18.9 Å². The summed E-state index contributed by atoms with van der Waals surface area (Å²) in [5, 5.41) is 16.0. The molecule has 0 amide bonds. The highest BCUT2D eigenvalue weighted by atomic mass is 79.9. The zero-order chi connectivity index (χ0) is 54.5. The topological polar surface area (TPSA) is 244 Å². The van der Waals surface area contributed by atoms with E-state index in [9.17, 15) is 16.8 Å². The van der Waals surface area contributed by atoms with Gasteiger partial charge in [0.1, 0.15) is 57.5 Å². The first-order valence-electron chi connectivity index (χ1n) is 24.3. The molecule has 20 nitrogen and oxygen atoms in total. The third kappa shape index (κ3) is 11.9. The molecular formula is C53H59BrN12O8S2. The number of rotatable bonds is 19. The third-order valence-corrected chi connectivity index (χ3v) is 18.2. The Balaban J connectivity index is 0.000000202. The van der Waals surface area contributed by atoms with E-state index in [1.807, 2.05) is 45.2 Å². The first-order chi connectivity index (χ1) is 36.4. The molecule has 0 unspecified atom stereocenters. The van der Waals surface area contributed by atoms with Gasteiger partial charge in [-0.25, -0.2) is 36.8 Å². The number of nitrogens with zero attached hydrogens (tertiary/aromatic N) is 12.